The van der Waals surface area contributed by atoms with Crippen LogP contribution < -0.4 is 10.6 Å². The number of carboxylic acid groups (broad SMARTS) is 4. The zero-order valence-electron chi connectivity index (χ0n) is 30.9. The van der Waals surface area contributed by atoms with E-state index in [4.69, 9.17) is 18.9 Å². The van der Waals surface area contributed by atoms with Gasteiger partial charge >= 0.3 is 23.9 Å². The van der Waals surface area contributed by atoms with Gasteiger partial charge in [-0.2, -0.15) is 0 Å². The first-order valence-corrected chi connectivity index (χ1v) is 18.0. The lowest BCUT2D eigenvalue weighted by Crippen LogP contribution is -2.52. The van der Waals surface area contributed by atoms with Crippen LogP contribution in [0.5, 0.6) is 0 Å². The van der Waals surface area contributed by atoms with Crippen molar-refractivity contribution in [2.24, 2.45) is 0 Å². The predicted octanol–water partition coefficient (Wildman–Crippen LogP) is -2.21. The molecule has 1 saturated heterocycles. The zero-order valence-corrected chi connectivity index (χ0v) is 30.9. The van der Waals surface area contributed by atoms with Crippen LogP contribution in [0.3, 0.4) is 0 Å². The maximum atomic E-state index is 13.2. The average molecular weight is 765 g/mol. The van der Waals surface area contributed by atoms with Gasteiger partial charge in [0, 0.05) is 71.9 Å². The molecule has 1 aliphatic heterocycles. The highest BCUT2D eigenvalue weighted by Crippen LogP contribution is 2.03. The van der Waals surface area contributed by atoms with E-state index in [1.807, 2.05) is 0 Å². The van der Waals surface area contributed by atoms with E-state index < -0.39 is 41.7 Å². The number of aliphatic carboxylic acids is 4. The molecule has 1 atom stereocenters. The van der Waals surface area contributed by atoms with Crippen molar-refractivity contribution in [2.75, 3.05) is 138 Å². The summed E-state index contributed by atoms with van der Waals surface area (Å²) in [5, 5.41) is 42.6. The third-order valence-corrected chi connectivity index (χ3v) is 7.98. The lowest BCUT2D eigenvalue weighted by Gasteiger charge is -2.33. The molecular formula is C33H60N6O14. The van der Waals surface area contributed by atoms with Gasteiger partial charge in [0.2, 0.25) is 11.8 Å². The molecule has 0 radical (unpaired) electrons. The van der Waals surface area contributed by atoms with Gasteiger partial charge < -0.3 is 50.0 Å². The highest BCUT2D eigenvalue weighted by Gasteiger charge is 2.25. The van der Waals surface area contributed by atoms with Crippen LogP contribution in [0, 0.1) is 0 Å². The number of carbonyl (C=O) groups is 6. The molecule has 53 heavy (non-hydrogen) atoms. The van der Waals surface area contributed by atoms with Crippen LogP contribution >= 0.6 is 0 Å². The standard InChI is InChI=1S/C33H60N6O14/c1-2-3-15-50-17-19-52-21-22-53-20-18-51-16-6-34-33(49)27(4-5-29(41)42)35-28(40)23-36-7-9-37(24-30(43)44)11-13-39(26-32(47)48)14-12-38(10-8-36)25-31(45)46/h27H,2-26H2,1H3,(H,34,49)(H,35,40)(H,41,42)(H,43,44)(H,45,46)(H,47,48)/t27-/m0/s1. The van der Waals surface area contributed by atoms with Gasteiger partial charge in [-0.3, -0.25) is 48.4 Å². The van der Waals surface area contributed by atoms with Gasteiger partial charge in [0.05, 0.1) is 72.4 Å². The van der Waals surface area contributed by atoms with Gasteiger partial charge in [-0.05, 0) is 12.8 Å². The average Bonchev–Trinajstić information content (AvgIpc) is 3.08. The van der Waals surface area contributed by atoms with E-state index in [2.05, 4.69) is 17.6 Å². The van der Waals surface area contributed by atoms with Crippen LogP contribution in [0.25, 0.3) is 0 Å². The van der Waals surface area contributed by atoms with E-state index in [-0.39, 0.29) is 111 Å². The van der Waals surface area contributed by atoms with Crippen molar-refractivity contribution in [3.8, 4) is 0 Å². The van der Waals surface area contributed by atoms with Crippen molar-refractivity contribution < 1.29 is 68.1 Å². The third-order valence-electron chi connectivity index (χ3n) is 7.98. The number of rotatable bonds is 28. The Labute approximate surface area is 310 Å². The van der Waals surface area contributed by atoms with E-state index in [1.54, 1.807) is 19.6 Å². The molecule has 2 amide bonds. The van der Waals surface area contributed by atoms with Crippen molar-refractivity contribution >= 4 is 35.7 Å². The zero-order chi connectivity index (χ0) is 39.3. The molecule has 0 saturated carbocycles. The minimum Gasteiger partial charge on any atom is -0.481 e. The summed E-state index contributed by atoms with van der Waals surface area (Å²) in [6.07, 6.45) is 1.56. The van der Waals surface area contributed by atoms with Crippen molar-refractivity contribution in [3.05, 3.63) is 0 Å². The lowest BCUT2D eigenvalue weighted by molar-refractivity contribution is -0.140. The summed E-state index contributed by atoms with van der Waals surface area (Å²) in [5.41, 5.74) is 0. The Hall–Kier alpha value is -3.50. The van der Waals surface area contributed by atoms with Gasteiger partial charge in [0.15, 0.2) is 0 Å². The number of hydrogen-bond acceptors (Lipinski definition) is 14. The van der Waals surface area contributed by atoms with Crippen LogP contribution in [0.15, 0.2) is 0 Å². The summed E-state index contributed by atoms with van der Waals surface area (Å²) in [6, 6.07) is -1.15. The Morgan fingerprint density at radius 2 is 0.925 bits per heavy atom. The molecule has 1 heterocycles. The number of hydrogen-bond donors (Lipinski definition) is 6. The molecule has 306 valence electrons. The molecule has 0 aromatic heterocycles. The normalized spacial score (nSPS) is 16.2. The molecule has 20 heteroatoms. The van der Waals surface area contributed by atoms with Crippen molar-refractivity contribution in [3.63, 3.8) is 0 Å². The van der Waals surface area contributed by atoms with Crippen molar-refractivity contribution in [1.82, 2.24) is 30.2 Å². The van der Waals surface area contributed by atoms with Gasteiger partial charge in [-0.25, -0.2) is 0 Å². The van der Waals surface area contributed by atoms with E-state index in [0.717, 1.165) is 19.4 Å². The first kappa shape index (κ1) is 47.5. The van der Waals surface area contributed by atoms with Gasteiger partial charge in [-0.1, -0.05) is 13.3 Å². The smallest absolute Gasteiger partial charge is 0.317 e. The summed E-state index contributed by atoms with van der Waals surface area (Å²) >= 11 is 0. The van der Waals surface area contributed by atoms with E-state index >= 15 is 0 Å². The highest BCUT2D eigenvalue weighted by atomic mass is 16.6. The summed E-state index contributed by atoms with van der Waals surface area (Å²) in [7, 11) is 0. The fourth-order valence-electron chi connectivity index (χ4n) is 5.14. The van der Waals surface area contributed by atoms with E-state index in [0.29, 0.717) is 33.0 Å². The summed E-state index contributed by atoms with van der Waals surface area (Å²) < 4.78 is 21.7. The largest absolute Gasteiger partial charge is 0.481 e. The highest BCUT2D eigenvalue weighted by molar-refractivity contribution is 5.88. The molecule has 1 aliphatic rings. The first-order valence-electron chi connectivity index (χ1n) is 18.0. The fourth-order valence-corrected chi connectivity index (χ4v) is 5.14. The van der Waals surface area contributed by atoms with Crippen molar-refractivity contribution in [2.45, 2.75) is 38.6 Å². The molecule has 1 fully saturated rings. The van der Waals surface area contributed by atoms with E-state index in [9.17, 15) is 49.2 Å². The molecule has 6 N–H and O–H groups in total. The quantitative estimate of drug-likeness (QED) is 0.0462. The molecule has 1 rings (SSSR count). The molecule has 20 nitrogen and oxygen atoms in total. The minimum atomic E-state index is -1.15. The topological polar surface area (TPSA) is 257 Å². The van der Waals surface area contributed by atoms with Crippen LogP contribution in [0.1, 0.15) is 32.6 Å². The summed E-state index contributed by atoms with van der Waals surface area (Å²) in [4.78, 5) is 78.5. The molecule has 0 unspecified atom stereocenters. The lowest BCUT2D eigenvalue weighted by atomic mass is 10.1. The maximum Gasteiger partial charge on any atom is 0.317 e. The second kappa shape index (κ2) is 29.9. The third kappa shape index (κ3) is 26.8. The first-order chi connectivity index (χ1) is 25.4. The number of ether oxygens (including phenoxy) is 4. The van der Waals surface area contributed by atoms with Crippen LogP contribution in [0.4, 0.5) is 0 Å². The second-order valence-corrected chi connectivity index (χ2v) is 12.4. The predicted molar refractivity (Wildman–Crippen MR) is 189 cm³/mol. The SMILES string of the molecule is CCCCOCCOCCOCCOCCNC(=O)[C@H](CCC(=O)O)NC(=O)CN1CCN(CC(=O)O)CCN(CC(=O)O)CCN(CC(=O)O)CC1. The Morgan fingerprint density at radius 1 is 0.547 bits per heavy atom. The Kier molecular flexibility index (Phi) is 26.8. The fraction of sp³-hybridized carbons (Fsp3) is 0.818. The van der Waals surface area contributed by atoms with Gasteiger partial charge in [0.25, 0.3) is 0 Å². The van der Waals surface area contributed by atoms with Crippen LogP contribution in [-0.2, 0) is 47.7 Å². The number of carboxylic acids is 4. The number of nitrogens with zero attached hydrogens (tertiary/aromatic N) is 4. The second-order valence-electron chi connectivity index (χ2n) is 12.4. The van der Waals surface area contributed by atoms with Gasteiger partial charge in [-0.15, -0.1) is 0 Å². The monoisotopic (exact) mass is 764 g/mol. The molecular weight excluding hydrogens is 704 g/mol. The molecule has 0 aliphatic carbocycles. The molecule has 0 bridgehead atoms. The van der Waals surface area contributed by atoms with Crippen molar-refractivity contribution in [1.29, 1.82) is 0 Å². The Balaban J connectivity index is 2.67. The number of nitrogens with one attached hydrogen (secondary N) is 2. The maximum absolute atomic E-state index is 13.2. The number of carbonyl (C=O) groups excluding carboxylic acids is 2. The summed E-state index contributed by atoms with van der Waals surface area (Å²) in [5.74, 6) is -5.53. The Morgan fingerprint density at radius 3 is 1.30 bits per heavy atom. The van der Waals surface area contributed by atoms with Crippen LogP contribution in [-0.4, -0.2) is 220 Å². The molecule has 0 spiro atoms. The molecule has 0 aromatic rings. The van der Waals surface area contributed by atoms with Crippen LogP contribution in [0.2, 0.25) is 0 Å². The minimum absolute atomic E-state index is 0.105. The number of amides is 2. The Bertz CT molecular complexity index is 1050. The molecule has 0 aromatic carbocycles. The summed E-state index contributed by atoms with van der Waals surface area (Å²) in [6.45, 7) is 6.09. The van der Waals surface area contributed by atoms with E-state index in [1.165, 1.54) is 0 Å². The number of unbranched alkanes of at least 4 members (excludes halogenated alkanes) is 1. The van der Waals surface area contributed by atoms with Gasteiger partial charge in [0.1, 0.15) is 6.04 Å².